The maximum absolute atomic E-state index is 6.65. The van der Waals surface area contributed by atoms with Crippen LogP contribution >= 0.6 is 0 Å². The van der Waals surface area contributed by atoms with Crippen molar-refractivity contribution in [2.45, 2.75) is 12.8 Å². The van der Waals surface area contributed by atoms with Crippen molar-refractivity contribution in [3.8, 4) is 45.3 Å². The monoisotopic (exact) mass is 617 g/mol. The maximum Gasteiger partial charge on any atom is 0.164 e. The molecule has 6 aromatic carbocycles. The second-order valence-electron chi connectivity index (χ2n) is 12.3. The van der Waals surface area contributed by atoms with E-state index in [1.54, 1.807) is 0 Å². The van der Waals surface area contributed by atoms with E-state index in [1.807, 2.05) is 66.7 Å². The Bertz CT molecular complexity index is 2740. The first-order chi connectivity index (χ1) is 23.8. The molecule has 0 spiro atoms. The fraction of sp³-hybridized carbons (Fsp3) is 0.0465. The van der Waals surface area contributed by atoms with Crippen LogP contribution in [0.2, 0.25) is 0 Å². The fourth-order valence-electron chi connectivity index (χ4n) is 7.05. The van der Waals surface area contributed by atoms with Crippen molar-refractivity contribution in [2.75, 3.05) is 0 Å². The van der Waals surface area contributed by atoms with Crippen LogP contribution in [0.5, 0.6) is 0 Å². The van der Waals surface area contributed by atoms with Gasteiger partial charge in [-0.15, -0.1) is 0 Å². The van der Waals surface area contributed by atoms with Crippen LogP contribution < -0.4 is 0 Å². The third-order valence-electron chi connectivity index (χ3n) is 9.40. The third-order valence-corrected chi connectivity index (χ3v) is 9.40. The predicted molar refractivity (Wildman–Crippen MR) is 193 cm³/mol. The molecule has 1 aliphatic carbocycles. The molecule has 0 N–H and O–H groups in total. The number of furan rings is 2. The Balaban J connectivity index is 1.21. The fourth-order valence-corrected chi connectivity index (χ4v) is 7.05. The van der Waals surface area contributed by atoms with Gasteiger partial charge in [0.25, 0.3) is 0 Å². The standard InChI is InChI=1S/C43H27N3O2/c1-2-11-27(12-3-1)41-44-42(30-20-21-33-32-14-6-8-16-36(32)47-38(33)25-30)46-43(45-41)35-23-22-31(29-19-18-26-10-4-5-13-28(26)24-29)40-39(35)34-15-7-9-17-37(34)48-40/h1-4,6-12,14-25H,5,13H2. The molecule has 0 fully saturated rings. The molecule has 5 heteroatoms. The summed E-state index contributed by atoms with van der Waals surface area (Å²) in [5.74, 6) is 1.77. The van der Waals surface area contributed by atoms with Crippen LogP contribution in [0.15, 0.2) is 142 Å². The summed E-state index contributed by atoms with van der Waals surface area (Å²) < 4.78 is 12.9. The Hall–Kier alpha value is -6.33. The lowest BCUT2D eigenvalue weighted by Crippen LogP contribution is -2.00. The molecular weight excluding hydrogens is 590 g/mol. The normalized spacial score (nSPS) is 12.8. The van der Waals surface area contributed by atoms with Gasteiger partial charge in [0, 0.05) is 43.8 Å². The van der Waals surface area contributed by atoms with E-state index in [1.165, 1.54) is 11.1 Å². The van der Waals surface area contributed by atoms with E-state index in [2.05, 4.69) is 72.8 Å². The molecule has 0 amide bonds. The summed E-state index contributed by atoms with van der Waals surface area (Å²) in [5, 5.41) is 4.17. The van der Waals surface area contributed by atoms with Gasteiger partial charge in [-0.25, -0.2) is 15.0 Å². The lowest BCUT2D eigenvalue weighted by molar-refractivity contribution is 0.669. The van der Waals surface area contributed by atoms with Gasteiger partial charge in [0.2, 0.25) is 0 Å². The molecule has 0 radical (unpaired) electrons. The average molecular weight is 618 g/mol. The number of hydrogen-bond donors (Lipinski definition) is 0. The number of aromatic nitrogens is 3. The highest BCUT2D eigenvalue weighted by atomic mass is 16.3. The van der Waals surface area contributed by atoms with Crippen molar-refractivity contribution >= 4 is 50.0 Å². The molecule has 0 atom stereocenters. The zero-order chi connectivity index (χ0) is 31.6. The highest BCUT2D eigenvalue weighted by Crippen LogP contribution is 2.42. The van der Waals surface area contributed by atoms with Crippen LogP contribution in [0.25, 0.3) is 95.2 Å². The molecule has 226 valence electrons. The van der Waals surface area contributed by atoms with Gasteiger partial charge in [0.1, 0.15) is 22.3 Å². The summed E-state index contributed by atoms with van der Waals surface area (Å²) in [5.41, 5.74) is 10.8. The highest BCUT2D eigenvalue weighted by Gasteiger charge is 2.21. The van der Waals surface area contributed by atoms with E-state index in [4.69, 9.17) is 23.8 Å². The van der Waals surface area contributed by atoms with E-state index in [9.17, 15) is 0 Å². The quantitative estimate of drug-likeness (QED) is 0.197. The zero-order valence-corrected chi connectivity index (χ0v) is 25.9. The second kappa shape index (κ2) is 10.6. The van der Waals surface area contributed by atoms with Crippen molar-refractivity contribution in [1.29, 1.82) is 0 Å². The molecule has 3 heterocycles. The van der Waals surface area contributed by atoms with E-state index in [-0.39, 0.29) is 0 Å². The molecule has 0 bridgehead atoms. The van der Waals surface area contributed by atoms with Gasteiger partial charge in [-0.05, 0) is 65.9 Å². The van der Waals surface area contributed by atoms with Crippen LogP contribution in [0.1, 0.15) is 17.5 Å². The summed E-state index contributed by atoms with van der Waals surface area (Å²) >= 11 is 0. The molecule has 5 nitrogen and oxygen atoms in total. The predicted octanol–water partition coefficient (Wildman–Crippen LogP) is 11.3. The van der Waals surface area contributed by atoms with Gasteiger partial charge in [0.15, 0.2) is 17.5 Å². The van der Waals surface area contributed by atoms with Gasteiger partial charge in [-0.1, -0.05) is 103 Å². The molecule has 3 aromatic heterocycles. The van der Waals surface area contributed by atoms with Gasteiger partial charge in [-0.2, -0.15) is 0 Å². The molecule has 0 aliphatic heterocycles. The second-order valence-corrected chi connectivity index (χ2v) is 12.3. The number of para-hydroxylation sites is 2. The number of allylic oxidation sites excluding steroid dienone is 1. The molecule has 10 rings (SSSR count). The van der Waals surface area contributed by atoms with Gasteiger partial charge < -0.3 is 8.83 Å². The minimum atomic E-state index is 0.578. The van der Waals surface area contributed by atoms with Crippen molar-refractivity contribution in [3.05, 3.63) is 145 Å². The average Bonchev–Trinajstić information content (AvgIpc) is 3.73. The Labute approximate surface area is 275 Å². The Kier molecular flexibility index (Phi) is 5.93. The van der Waals surface area contributed by atoms with Crippen molar-refractivity contribution in [2.24, 2.45) is 0 Å². The molecule has 48 heavy (non-hydrogen) atoms. The maximum atomic E-state index is 6.65. The van der Waals surface area contributed by atoms with Crippen LogP contribution in [-0.4, -0.2) is 15.0 Å². The number of fused-ring (bicyclic) bond motifs is 7. The Morgan fingerprint density at radius 1 is 0.479 bits per heavy atom. The molecule has 1 aliphatic rings. The molecule has 0 saturated carbocycles. The molecule has 0 saturated heterocycles. The molecule has 0 unspecified atom stereocenters. The van der Waals surface area contributed by atoms with E-state index in [0.717, 1.165) is 84.5 Å². The van der Waals surface area contributed by atoms with E-state index in [0.29, 0.717) is 17.5 Å². The SMILES string of the molecule is C1=Cc2ccc(-c3ccc(-c4nc(-c5ccccc5)nc(-c5ccc6c(c5)oc5ccccc56)n4)c4c3oc3ccccc34)cc2CC1. The number of nitrogens with zero attached hydrogens (tertiary/aromatic N) is 3. The van der Waals surface area contributed by atoms with Gasteiger partial charge >= 0.3 is 0 Å². The summed E-state index contributed by atoms with van der Waals surface area (Å²) in [7, 11) is 0. The third kappa shape index (κ3) is 4.28. The van der Waals surface area contributed by atoms with Gasteiger partial charge in [-0.3, -0.25) is 0 Å². The number of aryl methyl sites for hydroxylation is 1. The number of benzene rings is 6. The van der Waals surface area contributed by atoms with E-state index < -0.39 is 0 Å². The molecular formula is C43H27N3O2. The first kappa shape index (κ1) is 26.8. The van der Waals surface area contributed by atoms with Crippen molar-refractivity contribution < 1.29 is 8.83 Å². The number of rotatable bonds is 4. The summed E-state index contributed by atoms with van der Waals surface area (Å²) in [6.07, 6.45) is 6.56. The minimum Gasteiger partial charge on any atom is -0.456 e. The van der Waals surface area contributed by atoms with Gasteiger partial charge in [0.05, 0.1) is 0 Å². The smallest absolute Gasteiger partial charge is 0.164 e. The first-order valence-corrected chi connectivity index (χ1v) is 16.2. The first-order valence-electron chi connectivity index (χ1n) is 16.2. The number of hydrogen-bond acceptors (Lipinski definition) is 5. The summed E-state index contributed by atoms with van der Waals surface area (Å²) in [6.45, 7) is 0. The summed E-state index contributed by atoms with van der Waals surface area (Å²) in [4.78, 5) is 15.2. The largest absolute Gasteiger partial charge is 0.456 e. The minimum absolute atomic E-state index is 0.578. The topological polar surface area (TPSA) is 65.0 Å². The lowest BCUT2D eigenvalue weighted by Gasteiger charge is -2.13. The lowest BCUT2D eigenvalue weighted by atomic mass is 9.92. The van der Waals surface area contributed by atoms with Crippen LogP contribution in [0.4, 0.5) is 0 Å². The summed E-state index contributed by atoms with van der Waals surface area (Å²) in [6, 6.07) is 43.5. The van der Waals surface area contributed by atoms with Crippen LogP contribution in [0.3, 0.4) is 0 Å². The zero-order valence-electron chi connectivity index (χ0n) is 25.9. The van der Waals surface area contributed by atoms with Crippen LogP contribution in [-0.2, 0) is 6.42 Å². The highest BCUT2D eigenvalue weighted by molar-refractivity contribution is 6.16. The van der Waals surface area contributed by atoms with Crippen LogP contribution in [0, 0.1) is 0 Å². The molecule has 9 aromatic rings. The van der Waals surface area contributed by atoms with Crippen molar-refractivity contribution in [3.63, 3.8) is 0 Å². The van der Waals surface area contributed by atoms with E-state index >= 15 is 0 Å². The van der Waals surface area contributed by atoms with Crippen molar-refractivity contribution in [1.82, 2.24) is 15.0 Å². The Morgan fingerprint density at radius 2 is 1.17 bits per heavy atom. The Morgan fingerprint density at radius 3 is 2.04 bits per heavy atom.